The van der Waals surface area contributed by atoms with Gasteiger partial charge in [0.1, 0.15) is 0 Å². The molecule has 1 aromatic carbocycles. The first-order valence-electron chi connectivity index (χ1n) is 4.51. The molecule has 0 atom stereocenters. The zero-order valence-electron chi connectivity index (χ0n) is 8.02. The summed E-state index contributed by atoms with van der Waals surface area (Å²) < 4.78 is 0. The third-order valence-electron chi connectivity index (χ3n) is 1.72. The monoisotopic (exact) mass is 249 g/mol. The first-order chi connectivity index (χ1) is 6.75. The van der Waals surface area contributed by atoms with Gasteiger partial charge in [-0.1, -0.05) is 36.2 Å². The van der Waals surface area contributed by atoms with E-state index in [9.17, 15) is 0 Å². The number of nitrogens with one attached hydrogen (secondary N) is 1. The summed E-state index contributed by atoms with van der Waals surface area (Å²) in [4.78, 5) is 0. The highest BCUT2D eigenvalue weighted by molar-refractivity contribution is 7.99. The number of benzene rings is 1. The molecule has 78 valence electrons. The van der Waals surface area contributed by atoms with Crippen LogP contribution in [0.25, 0.3) is 0 Å². The van der Waals surface area contributed by atoms with Crippen LogP contribution in [-0.4, -0.2) is 18.1 Å². The lowest BCUT2D eigenvalue weighted by molar-refractivity contribution is 1.23. The zero-order chi connectivity index (χ0) is 10.4. The van der Waals surface area contributed by atoms with Crippen LogP contribution in [0.15, 0.2) is 18.2 Å². The van der Waals surface area contributed by atoms with Gasteiger partial charge < -0.3 is 5.32 Å². The second-order valence-electron chi connectivity index (χ2n) is 2.73. The van der Waals surface area contributed by atoms with Crippen molar-refractivity contribution < 1.29 is 0 Å². The molecule has 0 aromatic heterocycles. The number of anilines is 1. The average Bonchev–Trinajstić information content (AvgIpc) is 2.19. The molecule has 0 unspecified atom stereocenters. The van der Waals surface area contributed by atoms with Gasteiger partial charge in [0, 0.05) is 12.3 Å². The number of hydrogen-bond donors (Lipinski definition) is 1. The molecular weight excluding hydrogens is 237 g/mol. The van der Waals surface area contributed by atoms with Crippen LogP contribution in [0.4, 0.5) is 5.69 Å². The molecule has 1 N–H and O–H groups in total. The number of hydrogen-bond acceptors (Lipinski definition) is 2. The Hall–Kier alpha value is -0.0500. The van der Waals surface area contributed by atoms with Crippen molar-refractivity contribution in [2.75, 3.05) is 23.4 Å². The molecule has 0 aliphatic carbocycles. The van der Waals surface area contributed by atoms with Gasteiger partial charge in [-0.3, -0.25) is 0 Å². The van der Waals surface area contributed by atoms with Gasteiger partial charge >= 0.3 is 0 Å². The molecule has 0 bridgehead atoms. The van der Waals surface area contributed by atoms with Crippen molar-refractivity contribution in [1.29, 1.82) is 0 Å². The van der Waals surface area contributed by atoms with Crippen molar-refractivity contribution in [2.24, 2.45) is 0 Å². The molecule has 0 aliphatic rings. The summed E-state index contributed by atoms with van der Waals surface area (Å²) in [6, 6.07) is 5.62. The molecule has 1 rings (SSSR count). The van der Waals surface area contributed by atoms with Crippen LogP contribution in [0, 0.1) is 0 Å². The first kappa shape index (κ1) is 12.0. The minimum Gasteiger partial charge on any atom is -0.383 e. The fraction of sp³-hybridized carbons (Fsp3) is 0.400. The van der Waals surface area contributed by atoms with E-state index in [1.165, 1.54) is 0 Å². The predicted octanol–water partition coefficient (Wildman–Crippen LogP) is 4.16. The lowest BCUT2D eigenvalue weighted by Crippen LogP contribution is -2.04. The Morgan fingerprint density at radius 3 is 2.86 bits per heavy atom. The fourth-order valence-electron chi connectivity index (χ4n) is 1.04. The molecule has 0 saturated carbocycles. The minimum atomic E-state index is 0.597. The SMILES string of the molecule is CCSCCNc1cccc(Cl)c1Cl. The van der Waals surface area contributed by atoms with Gasteiger partial charge in [-0.05, 0) is 17.9 Å². The summed E-state index contributed by atoms with van der Waals surface area (Å²) in [5, 5.41) is 4.46. The molecule has 14 heavy (non-hydrogen) atoms. The molecule has 1 nitrogen and oxygen atoms in total. The second-order valence-corrected chi connectivity index (χ2v) is 4.90. The number of thioether (sulfide) groups is 1. The van der Waals surface area contributed by atoms with Gasteiger partial charge in [0.25, 0.3) is 0 Å². The highest BCUT2D eigenvalue weighted by atomic mass is 35.5. The van der Waals surface area contributed by atoms with Gasteiger partial charge in [0.05, 0.1) is 15.7 Å². The molecule has 0 heterocycles. The van der Waals surface area contributed by atoms with E-state index in [-0.39, 0.29) is 0 Å². The second kappa shape index (κ2) is 6.44. The van der Waals surface area contributed by atoms with Gasteiger partial charge in [-0.15, -0.1) is 0 Å². The van der Waals surface area contributed by atoms with E-state index in [0.29, 0.717) is 10.0 Å². The van der Waals surface area contributed by atoms with E-state index in [4.69, 9.17) is 23.2 Å². The van der Waals surface area contributed by atoms with Crippen molar-refractivity contribution in [3.05, 3.63) is 28.2 Å². The summed E-state index contributed by atoms with van der Waals surface area (Å²) in [7, 11) is 0. The zero-order valence-corrected chi connectivity index (χ0v) is 10.3. The Bertz CT molecular complexity index is 291. The normalized spacial score (nSPS) is 10.2. The Kier molecular flexibility index (Phi) is 5.53. The van der Waals surface area contributed by atoms with E-state index in [2.05, 4.69) is 12.2 Å². The van der Waals surface area contributed by atoms with E-state index >= 15 is 0 Å². The number of rotatable bonds is 5. The van der Waals surface area contributed by atoms with Crippen molar-refractivity contribution in [1.82, 2.24) is 0 Å². The van der Waals surface area contributed by atoms with Crippen molar-refractivity contribution in [3.63, 3.8) is 0 Å². The third kappa shape index (κ3) is 3.60. The third-order valence-corrected chi connectivity index (χ3v) is 3.44. The predicted molar refractivity (Wildman–Crippen MR) is 68.0 cm³/mol. The van der Waals surface area contributed by atoms with Gasteiger partial charge in [0.15, 0.2) is 0 Å². The standard InChI is InChI=1S/C10H13Cl2NS/c1-2-14-7-6-13-9-5-3-4-8(11)10(9)12/h3-5,13H,2,6-7H2,1H3. The van der Waals surface area contributed by atoms with Crippen LogP contribution >= 0.6 is 35.0 Å². The van der Waals surface area contributed by atoms with Crippen LogP contribution in [0.3, 0.4) is 0 Å². The van der Waals surface area contributed by atoms with Crippen molar-refractivity contribution >= 4 is 40.7 Å². The van der Waals surface area contributed by atoms with Crippen LogP contribution in [0.5, 0.6) is 0 Å². The first-order valence-corrected chi connectivity index (χ1v) is 6.42. The van der Waals surface area contributed by atoms with E-state index in [0.717, 1.165) is 23.7 Å². The van der Waals surface area contributed by atoms with Gasteiger partial charge in [0.2, 0.25) is 0 Å². The van der Waals surface area contributed by atoms with Crippen LogP contribution in [-0.2, 0) is 0 Å². The fourth-order valence-corrected chi connectivity index (χ4v) is 1.94. The largest absolute Gasteiger partial charge is 0.383 e. The lowest BCUT2D eigenvalue weighted by Gasteiger charge is -2.08. The molecular formula is C10H13Cl2NS. The highest BCUT2D eigenvalue weighted by Gasteiger charge is 2.02. The maximum atomic E-state index is 6.00. The van der Waals surface area contributed by atoms with E-state index in [1.54, 1.807) is 6.07 Å². The maximum Gasteiger partial charge on any atom is 0.0823 e. The average molecular weight is 250 g/mol. The van der Waals surface area contributed by atoms with Crippen LogP contribution in [0.2, 0.25) is 10.0 Å². The highest BCUT2D eigenvalue weighted by Crippen LogP contribution is 2.29. The minimum absolute atomic E-state index is 0.597. The molecule has 0 fully saturated rings. The molecule has 1 aromatic rings. The molecule has 4 heteroatoms. The Morgan fingerprint density at radius 1 is 1.36 bits per heavy atom. The summed E-state index contributed by atoms with van der Waals surface area (Å²) in [6.07, 6.45) is 0. The molecule has 0 radical (unpaired) electrons. The summed E-state index contributed by atoms with van der Waals surface area (Å²) in [5.41, 5.74) is 0.913. The molecule has 0 aliphatic heterocycles. The molecule has 0 spiro atoms. The molecule has 0 amide bonds. The number of halogens is 2. The van der Waals surface area contributed by atoms with Crippen molar-refractivity contribution in [2.45, 2.75) is 6.92 Å². The smallest absolute Gasteiger partial charge is 0.0823 e. The topological polar surface area (TPSA) is 12.0 Å². The quantitative estimate of drug-likeness (QED) is 0.787. The molecule has 0 saturated heterocycles. The summed E-state index contributed by atoms with van der Waals surface area (Å²) in [5.74, 6) is 2.23. The maximum absolute atomic E-state index is 6.00. The van der Waals surface area contributed by atoms with E-state index < -0.39 is 0 Å². The summed E-state index contributed by atoms with van der Waals surface area (Å²) >= 11 is 13.8. The van der Waals surface area contributed by atoms with Crippen molar-refractivity contribution in [3.8, 4) is 0 Å². The Labute approximate surface area is 99.2 Å². The Morgan fingerprint density at radius 2 is 2.14 bits per heavy atom. The summed E-state index contributed by atoms with van der Waals surface area (Å²) in [6.45, 7) is 3.07. The Balaban J connectivity index is 2.46. The van der Waals surface area contributed by atoms with Gasteiger partial charge in [-0.25, -0.2) is 0 Å². The van der Waals surface area contributed by atoms with Gasteiger partial charge in [-0.2, -0.15) is 11.8 Å². The van der Waals surface area contributed by atoms with Crippen LogP contribution in [0.1, 0.15) is 6.92 Å². The lowest BCUT2D eigenvalue weighted by atomic mass is 10.3. The van der Waals surface area contributed by atoms with Crippen LogP contribution < -0.4 is 5.32 Å². The van der Waals surface area contributed by atoms with E-state index in [1.807, 2.05) is 23.9 Å².